The van der Waals surface area contributed by atoms with E-state index in [9.17, 15) is 28.1 Å². The zero-order valence-corrected chi connectivity index (χ0v) is 22.0. The first-order valence-electron chi connectivity index (χ1n) is 12.5. The molecular weight excluding hydrogens is 550 g/mol. The number of rotatable bonds is 7. The number of hydrogen-bond donors (Lipinski definition) is 0. The lowest BCUT2D eigenvalue weighted by atomic mass is 9.90. The molecule has 2 heterocycles. The molecule has 2 fully saturated rings. The molecule has 0 unspecified atom stereocenters. The summed E-state index contributed by atoms with van der Waals surface area (Å²) in [6.07, 6.45) is -1.18. The van der Waals surface area contributed by atoms with Crippen LogP contribution in [0.5, 0.6) is 5.75 Å². The number of carbonyl (C=O) groups is 2. The number of nitrogens with zero attached hydrogens (tertiary/aromatic N) is 3. The summed E-state index contributed by atoms with van der Waals surface area (Å²) >= 11 is 0. The number of non-ortho nitro benzene ring substituents is 1. The Bertz CT molecular complexity index is 1750. The number of amides is 2. The smallest absolute Gasteiger partial charge is 0.339 e. The molecule has 41 heavy (non-hydrogen) atoms. The summed E-state index contributed by atoms with van der Waals surface area (Å²) in [4.78, 5) is 45.2. The fourth-order valence-corrected chi connectivity index (χ4v) is 5.99. The van der Waals surface area contributed by atoms with E-state index in [0.29, 0.717) is 11.3 Å². The summed E-state index contributed by atoms with van der Waals surface area (Å²) in [7, 11) is -4.08. The Morgan fingerprint density at radius 2 is 1.41 bits per heavy atom. The molecule has 0 saturated carbocycles. The third-order valence-electron chi connectivity index (χ3n) is 6.88. The number of carbonyl (C=O) groups excluding carboxylic acids is 2. The van der Waals surface area contributed by atoms with Crippen LogP contribution in [0.25, 0.3) is 0 Å². The van der Waals surface area contributed by atoms with Crippen molar-refractivity contribution in [3.63, 3.8) is 0 Å². The van der Waals surface area contributed by atoms with Gasteiger partial charge in [-0.3, -0.25) is 24.5 Å². The van der Waals surface area contributed by atoms with Gasteiger partial charge in [0.15, 0.2) is 6.10 Å². The minimum Gasteiger partial charge on any atom is -0.379 e. The van der Waals surface area contributed by atoms with Gasteiger partial charge in [-0.1, -0.05) is 54.6 Å². The average Bonchev–Trinajstić information content (AvgIpc) is 3.49. The molecule has 2 aliphatic rings. The van der Waals surface area contributed by atoms with Crippen molar-refractivity contribution >= 4 is 39.0 Å². The van der Waals surface area contributed by atoms with Crippen molar-refractivity contribution < 1.29 is 32.0 Å². The fraction of sp³-hybridized carbons (Fsp3) is 0.103. The Kier molecular flexibility index (Phi) is 6.48. The van der Waals surface area contributed by atoms with Crippen LogP contribution in [-0.4, -0.2) is 31.3 Å². The minimum absolute atomic E-state index is 0.0102. The molecule has 12 heteroatoms. The average molecular weight is 572 g/mol. The van der Waals surface area contributed by atoms with E-state index in [-0.39, 0.29) is 22.0 Å². The Balaban J connectivity index is 1.37. The molecule has 2 saturated heterocycles. The van der Waals surface area contributed by atoms with Crippen LogP contribution in [0.1, 0.15) is 11.6 Å². The molecule has 0 aliphatic carbocycles. The van der Waals surface area contributed by atoms with Crippen LogP contribution in [0, 0.1) is 16.0 Å². The van der Waals surface area contributed by atoms with Crippen molar-refractivity contribution in [2.45, 2.75) is 17.0 Å². The predicted octanol–water partition coefficient (Wildman–Crippen LogP) is 4.41. The van der Waals surface area contributed by atoms with Gasteiger partial charge in [-0.05, 0) is 48.0 Å². The molecule has 6 rings (SSSR count). The van der Waals surface area contributed by atoms with E-state index in [1.54, 1.807) is 66.7 Å². The Hall–Kier alpha value is -5.07. The Morgan fingerprint density at radius 1 is 0.780 bits per heavy atom. The Morgan fingerprint density at radius 3 is 2.07 bits per heavy atom. The largest absolute Gasteiger partial charge is 0.379 e. The van der Waals surface area contributed by atoms with Crippen molar-refractivity contribution in [3.05, 3.63) is 125 Å². The highest BCUT2D eigenvalue weighted by atomic mass is 32.2. The van der Waals surface area contributed by atoms with Crippen molar-refractivity contribution in [2.75, 3.05) is 9.96 Å². The van der Waals surface area contributed by atoms with E-state index in [1.165, 1.54) is 47.5 Å². The molecule has 0 spiro atoms. The number of fused-ring (bicyclic) bond motifs is 1. The maximum absolute atomic E-state index is 13.7. The maximum atomic E-state index is 13.7. The summed E-state index contributed by atoms with van der Waals surface area (Å²) < 4.78 is 30.6. The SMILES string of the molecule is O=C1[C@H]2[C@@H](ON(c3cccc([N+](=O)[O-])c3)[C@H]2c2ccc(OS(=O)(=O)c3ccccc3)cc2)C(=O)N1c1ccccc1. The van der Waals surface area contributed by atoms with E-state index >= 15 is 0 Å². The van der Waals surface area contributed by atoms with Gasteiger partial charge in [-0.2, -0.15) is 8.42 Å². The summed E-state index contributed by atoms with van der Waals surface area (Å²) in [6.45, 7) is 0. The van der Waals surface area contributed by atoms with Crippen molar-refractivity contribution in [2.24, 2.45) is 5.92 Å². The van der Waals surface area contributed by atoms with Gasteiger partial charge in [-0.15, -0.1) is 0 Å². The molecule has 2 amide bonds. The molecule has 0 aromatic heterocycles. The Labute approximate surface area is 234 Å². The van der Waals surface area contributed by atoms with Gasteiger partial charge in [0.1, 0.15) is 16.6 Å². The van der Waals surface area contributed by atoms with Gasteiger partial charge in [-0.25, -0.2) is 9.96 Å². The van der Waals surface area contributed by atoms with Crippen LogP contribution < -0.4 is 14.1 Å². The highest BCUT2D eigenvalue weighted by molar-refractivity contribution is 7.87. The van der Waals surface area contributed by atoms with Gasteiger partial charge in [0.05, 0.1) is 22.3 Å². The van der Waals surface area contributed by atoms with Gasteiger partial charge in [0.25, 0.3) is 11.6 Å². The summed E-state index contributed by atoms with van der Waals surface area (Å²) in [5.41, 5.74) is 0.985. The monoisotopic (exact) mass is 571 g/mol. The van der Waals surface area contributed by atoms with Crippen LogP contribution in [0.15, 0.2) is 114 Å². The first kappa shape index (κ1) is 26.2. The second-order valence-corrected chi connectivity index (χ2v) is 10.9. The number of imide groups is 1. The van der Waals surface area contributed by atoms with E-state index in [0.717, 1.165) is 4.90 Å². The number of anilines is 2. The lowest BCUT2D eigenvalue weighted by Crippen LogP contribution is -2.37. The van der Waals surface area contributed by atoms with Crippen molar-refractivity contribution in [3.8, 4) is 5.75 Å². The topological polar surface area (TPSA) is 136 Å². The standard InChI is InChI=1S/C29H21N3O8S/c33-28-25-26(19-14-16-23(17-15-19)40-41(37,38)24-12-5-2-6-13-24)31(21-10-7-11-22(18-21)32(35)36)39-27(25)29(34)30(28)20-8-3-1-4-9-20/h1-18,25-27H/t25-,26+,27-/m1/s1. The molecule has 11 nitrogen and oxygen atoms in total. The predicted molar refractivity (Wildman–Crippen MR) is 146 cm³/mol. The second-order valence-electron chi connectivity index (χ2n) is 9.37. The molecule has 4 aromatic rings. The first-order valence-corrected chi connectivity index (χ1v) is 13.9. The van der Waals surface area contributed by atoms with Crippen molar-refractivity contribution in [1.82, 2.24) is 0 Å². The summed E-state index contributed by atoms with van der Waals surface area (Å²) in [6, 6.07) is 27.0. The molecule has 0 radical (unpaired) electrons. The second kappa shape index (κ2) is 10.2. The normalized spacial score (nSPS) is 20.2. The third kappa shape index (κ3) is 4.68. The number of benzene rings is 4. The number of hydroxylamine groups is 1. The van der Waals surface area contributed by atoms with Crippen LogP contribution in [0.4, 0.5) is 17.1 Å². The summed E-state index contributed by atoms with van der Waals surface area (Å²) in [5.74, 6) is -1.99. The fourth-order valence-electron chi connectivity index (χ4n) is 5.03. The number of para-hydroxylation sites is 1. The van der Waals surface area contributed by atoms with Crippen LogP contribution in [0.2, 0.25) is 0 Å². The van der Waals surface area contributed by atoms with Gasteiger partial charge < -0.3 is 4.18 Å². The maximum Gasteiger partial charge on any atom is 0.339 e. The number of nitro groups is 1. The zero-order valence-electron chi connectivity index (χ0n) is 21.1. The van der Waals surface area contributed by atoms with Gasteiger partial charge >= 0.3 is 10.1 Å². The molecular formula is C29H21N3O8S. The zero-order chi connectivity index (χ0) is 28.7. The number of nitro benzene ring substituents is 1. The molecule has 0 N–H and O–H groups in total. The summed E-state index contributed by atoms with van der Waals surface area (Å²) in [5, 5.41) is 12.8. The van der Waals surface area contributed by atoms with Gasteiger partial charge in [0, 0.05) is 12.1 Å². The molecule has 0 bridgehead atoms. The van der Waals surface area contributed by atoms with E-state index in [2.05, 4.69) is 0 Å². The van der Waals surface area contributed by atoms with Crippen LogP contribution in [0.3, 0.4) is 0 Å². The highest BCUT2D eigenvalue weighted by Crippen LogP contribution is 2.48. The quantitative estimate of drug-likeness (QED) is 0.137. The molecule has 4 aromatic carbocycles. The van der Waals surface area contributed by atoms with Crippen LogP contribution >= 0.6 is 0 Å². The highest BCUT2D eigenvalue weighted by Gasteiger charge is 2.60. The number of hydrogen-bond acceptors (Lipinski definition) is 9. The van der Waals surface area contributed by atoms with E-state index < -0.39 is 44.9 Å². The van der Waals surface area contributed by atoms with E-state index in [1.807, 2.05) is 0 Å². The molecule has 2 aliphatic heterocycles. The lowest BCUT2D eigenvalue weighted by molar-refractivity contribution is -0.384. The lowest BCUT2D eigenvalue weighted by Gasteiger charge is -2.28. The van der Waals surface area contributed by atoms with Gasteiger partial charge in [0.2, 0.25) is 5.91 Å². The third-order valence-corrected chi connectivity index (χ3v) is 8.15. The van der Waals surface area contributed by atoms with E-state index in [4.69, 9.17) is 9.02 Å². The first-order chi connectivity index (χ1) is 19.7. The molecule has 3 atom stereocenters. The minimum atomic E-state index is -4.08. The molecule has 206 valence electrons. The van der Waals surface area contributed by atoms with Crippen molar-refractivity contribution in [1.29, 1.82) is 0 Å². The van der Waals surface area contributed by atoms with Crippen LogP contribution in [-0.2, 0) is 24.5 Å².